The van der Waals surface area contributed by atoms with Crippen LogP contribution >= 0.6 is 0 Å². The number of nitrogens with zero attached hydrogens (tertiary/aromatic N) is 1. The van der Waals surface area contributed by atoms with Gasteiger partial charge in [0.05, 0.1) is 0 Å². The molecule has 3 fully saturated rings. The molecule has 1 amide bonds. The maximum atomic E-state index is 12.5. The average molecular weight is 278 g/mol. The number of rotatable bonds is 3. The molecule has 4 nitrogen and oxygen atoms in total. The Balaban J connectivity index is 2.34. The van der Waals surface area contributed by atoms with Crippen molar-refractivity contribution in [2.45, 2.75) is 29.4 Å². The number of hydrogen-bond donors (Lipinski definition) is 1. The molecule has 3 aliphatic rings. The van der Waals surface area contributed by atoms with Crippen molar-refractivity contribution in [3.63, 3.8) is 0 Å². The molecule has 0 aromatic heterocycles. The van der Waals surface area contributed by atoms with Gasteiger partial charge in [-0.15, -0.1) is 0 Å². The van der Waals surface area contributed by atoms with Crippen molar-refractivity contribution in [2.75, 3.05) is 13.1 Å². The Kier molecular flexibility index (Phi) is 4.17. The van der Waals surface area contributed by atoms with Gasteiger partial charge in [0.25, 0.3) is 0 Å². The summed E-state index contributed by atoms with van der Waals surface area (Å²) in [6, 6.07) is 0.0316. The summed E-state index contributed by atoms with van der Waals surface area (Å²) in [6.07, 6.45) is 1.52. The van der Waals surface area contributed by atoms with Crippen LogP contribution in [0.4, 0.5) is 0 Å². The minimum atomic E-state index is -0.538. The molecule has 0 aromatic carbocycles. The van der Waals surface area contributed by atoms with Crippen LogP contribution in [0.2, 0.25) is 3.64 Å². The second-order valence-electron chi connectivity index (χ2n) is 6.03. The summed E-state index contributed by atoms with van der Waals surface area (Å²) < 4.78 is 0.468. The molecule has 0 saturated carbocycles. The number of primary amides is 1. The molecule has 3 heterocycles. The van der Waals surface area contributed by atoms with Crippen molar-refractivity contribution in [1.82, 2.24) is 4.90 Å². The molecule has 3 saturated heterocycles. The molecule has 0 aliphatic carbocycles. The first kappa shape index (κ1) is 14.4. The molecular formula is C12H20Al2N2O2. The first-order chi connectivity index (χ1) is 8.39. The molecule has 0 aromatic rings. The van der Waals surface area contributed by atoms with Gasteiger partial charge in [0.1, 0.15) is 0 Å². The Labute approximate surface area is 122 Å². The molecule has 5 unspecified atom stereocenters. The predicted octanol–water partition coefficient (Wildman–Crippen LogP) is -1.34. The Morgan fingerprint density at radius 1 is 1.72 bits per heavy atom. The summed E-state index contributed by atoms with van der Waals surface area (Å²) >= 11 is 1.09. The zero-order valence-electron chi connectivity index (χ0n) is 11.2. The van der Waals surface area contributed by atoms with Gasteiger partial charge in [-0.3, -0.25) is 0 Å². The van der Waals surface area contributed by atoms with E-state index < -0.39 is 5.41 Å². The van der Waals surface area contributed by atoms with Gasteiger partial charge in [-0.25, -0.2) is 0 Å². The SMILES string of the molecule is [CH2]=[Al][CH]([AlH2])C1C(=O)C2CCN1CC(C)(C(N)=O)C2. The van der Waals surface area contributed by atoms with Gasteiger partial charge in [-0.1, -0.05) is 0 Å². The fraction of sp³-hybridized carbons (Fsp3) is 0.750. The van der Waals surface area contributed by atoms with E-state index in [1.54, 1.807) is 0 Å². The van der Waals surface area contributed by atoms with E-state index in [1.165, 1.54) is 0 Å². The second-order valence-corrected chi connectivity index (χ2v) is 10.2. The van der Waals surface area contributed by atoms with Gasteiger partial charge in [0.2, 0.25) is 0 Å². The van der Waals surface area contributed by atoms with E-state index in [4.69, 9.17) is 5.73 Å². The number of nitrogens with two attached hydrogens (primary N) is 1. The second kappa shape index (κ2) is 5.20. The third kappa shape index (κ3) is 2.38. The van der Waals surface area contributed by atoms with Crippen LogP contribution in [0.3, 0.4) is 0 Å². The topological polar surface area (TPSA) is 63.4 Å². The molecule has 3 aliphatic heterocycles. The van der Waals surface area contributed by atoms with Gasteiger partial charge >= 0.3 is 122 Å². The van der Waals surface area contributed by atoms with Crippen LogP contribution in [0.5, 0.6) is 0 Å². The van der Waals surface area contributed by atoms with Crippen molar-refractivity contribution in [2.24, 2.45) is 17.1 Å². The summed E-state index contributed by atoms with van der Waals surface area (Å²) in [6.45, 7) is 3.49. The standard InChI is InChI=1S/C11H16N2O2.CH2.2Al.2H/c1-7-9(14)8-3-4-13(7)6-11(2,5-8)10(12)15;;;;;/h1,7-8H,3-6H2,2H3,(H2,12,15);1H2;;;;. The van der Waals surface area contributed by atoms with E-state index in [0.717, 1.165) is 29.3 Å². The first-order valence-corrected chi connectivity index (χ1v) is 9.23. The summed E-state index contributed by atoms with van der Waals surface area (Å²) in [5.74, 6) is 0.121. The van der Waals surface area contributed by atoms with Crippen molar-refractivity contribution >= 4 is 48.1 Å². The third-order valence-corrected chi connectivity index (χ3v) is 7.72. The minimum absolute atomic E-state index is 0.0316. The summed E-state index contributed by atoms with van der Waals surface area (Å²) in [5, 5.41) is 4.03. The van der Waals surface area contributed by atoms with Crippen molar-refractivity contribution in [3.8, 4) is 0 Å². The third-order valence-electron chi connectivity index (χ3n) is 4.57. The van der Waals surface area contributed by atoms with Crippen molar-refractivity contribution < 1.29 is 9.59 Å². The van der Waals surface area contributed by atoms with E-state index >= 15 is 0 Å². The fourth-order valence-corrected chi connectivity index (χ4v) is 4.80. The van der Waals surface area contributed by atoms with E-state index in [2.05, 4.69) is 10.3 Å². The number of amides is 1. The summed E-state index contributed by atoms with van der Waals surface area (Å²) in [7, 11) is 0. The Morgan fingerprint density at radius 2 is 2.39 bits per heavy atom. The number of carbonyl (C=O) groups is 2. The molecule has 2 bridgehead atoms. The Bertz CT molecular complexity index is 402. The normalized spacial score (nSPS) is 40.9. The van der Waals surface area contributed by atoms with Crippen molar-refractivity contribution in [3.05, 3.63) is 0 Å². The molecule has 2 N–H and O–H groups in total. The summed E-state index contributed by atoms with van der Waals surface area (Å²) in [4.78, 5) is 26.4. The van der Waals surface area contributed by atoms with E-state index in [0.29, 0.717) is 22.4 Å². The van der Waals surface area contributed by atoms with Crippen LogP contribution in [-0.4, -0.2) is 72.2 Å². The molecule has 18 heavy (non-hydrogen) atoms. The first-order valence-electron chi connectivity index (χ1n) is 6.59. The Hall–Kier alpha value is 0.0349. The molecule has 5 atom stereocenters. The quantitative estimate of drug-likeness (QED) is 0.650. The van der Waals surface area contributed by atoms with Gasteiger partial charge in [-0.2, -0.15) is 0 Å². The average Bonchev–Trinajstić information content (AvgIpc) is 2.54. The van der Waals surface area contributed by atoms with Crippen LogP contribution in [0, 0.1) is 11.3 Å². The van der Waals surface area contributed by atoms with Crippen LogP contribution in [-0.2, 0) is 9.59 Å². The Morgan fingerprint density at radius 3 is 2.94 bits per heavy atom. The van der Waals surface area contributed by atoms with Crippen LogP contribution < -0.4 is 5.73 Å². The zero-order valence-corrected chi connectivity index (χ0v) is 14.3. The number of Topliss-reactive ketones (excluding diaryl/α,β-unsaturated/α-hetero) is 1. The number of fused-ring (bicyclic) bond motifs is 4. The molecule has 0 radical (unpaired) electrons. The number of piperidine rings is 1. The van der Waals surface area contributed by atoms with Gasteiger partial charge in [-0.05, 0) is 0 Å². The maximum absolute atomic E-state index is 12.5. The van der Waals surface area contributed by atoms with E-state index in [-0.39, 0.29) is 32.6 Å². The molecule has 0 spiro atoms. The van der Waals surface area contributed by atoms with Gasteiger partial charge < -0.3 is 0 Å². The van der Waals surface area contributed by atoms with Gasteiger partial charge in [0.15, 0.2) is 0 Å². The summed E-state index contributed by atoms with van der Waals surface area (Å²) in [5.41, 5.74) is 5.01. The van der Waals surface area contributed by atoms with Gasteiger partial charge in [0, 0.05) is 0 Å². The zero-order chi connectivity index (χ0) is 13.5. The van der Waals surface area contributed by atoms with E-state index in [9.17, 15) is 9.59 Å². The number of ketones is 1. The number of hydrogen-bond acceptors (Lipinski definition) is 3. The van der Waals surface area contributed by atoms with Crippen LogP contribution in [0.1, 0.15) is 19.8 Å². The fourth-order valence-electron chi connectivity index (χ4n) is 3.36. The van der Waals surface area contributed by atoms with E-state index in [1.807, 2.05) is 6.92 Å². The monoisotopic (exact) mass is 278 g/mol. The predicted molar refractivity (Wildman–Crippen MR) is 75.6 cm³/mol. The molecule has 6 heteroatoms. The molecule has 3 rings (SSSR count). The van der Waals surface area contributed by atoms with Crippen molar-refractivity contribution in [1.29, 1.82) is 0 Å². The number of carbonyl (C=O) groups excluding carboxylic acids is 2. The molecular weight excluding hydrogens is 258 g/mol. The van der Waals surface area contributed by atoms with Crippen LogP contribution in [0.25, 0.3) is 0 Å². The molecule has 96 valence electrons. The van der Waals surface area contributed by atoms with Crippen LogP contribution in [0.15, 0.2) is 0 Å².